The molecule has 108 valence electrons. The second-order valence-corrected chi connectivity index (χ2v) is 4.26. The molecule has 0 fully saturated rings. The zero-order valence-electron chi connectivity index (χ0n) is 11.8. The Morgan fingerprint density at radius 2 is 2.20 bits per heavy atom. The van der Waals surface area contributed by atoms with E-state index in [4.69, 9.17) is 19.7 Å². The van der Waals surface area contributed by atoms with E-state index in [2.05, 4.69) is 10.1 Å². The van der Waals surface area contributed by atoms with E-state index in [9.17, 15) is 0 Å². The lowest BCUT2D eigenvalue weighted by atomic mass is 10.1. The molecule has 0 saturated carbocycles. The highest BCUT2D eigenvalue weighted by Gasteiger charge is 2.09. The number of aryl methyl sites for hydroxylation is 1. The number of benzene rings is 1. The monoisotopic (exact) mass is 277 g/mol. The van der Waals surface area contributed by atoms with Crippen molar-refractivity contribution in [2.24, 2.45) is 5.73 Å². The minimum absolute atomic E-state index is 0.234. The van der Waals surface area contributed by atoms with Crippen LogP contribution in [-0.4, -0.2) is 23.8 Å². The van der Waals surface area contributed by atoms with E-state index >= 15 is 0 Å². The van der Waals surface area contributed by atoms with Crippen LogP contribution in [-0.2, 0) is 19.4 Å². The zero-order chi connectivity index (χ0) is 14.4. The van der Waals surface area contributed by atoms with Gasteiger partial charge in [0.25, 0.3) is 5.89 Å². The fourth-order valence-electron chi connectivity index (χ4n) is 1.79. The van der Waals surface area contributed by atoms with Crippen LogP contribution in [0.3, 0.4) is 0 Å². The van der Waals surface area contributed by atoms with Crippen molar-refractivity contribution in [1.82, 2.24) is 10.1 Å². The lowest BCUT2D eigenvalue weighted by molar-refractivity contribution is 0.240. The Balaban J connectivity index is 2.09. The number of rotatable bonds is 7. The Bertz CT molecular complexity index is 554. The van der Waals surface area contributed by atoms with Crippen LogP contribution in [0.1, 0.15) is 24.2 Å². The molecule has 1 heterocycles. The number of nitrogens with zero attached hydrogens (tertiary/aromatic N) is 2. The molecule has 0 amide bonds. The molecule has 20 heavy (non-hydrogen) atoms. The fourth-order valence-corrected chi connectivity index (χ4v) is 1.79. The molecule has 0 atom stereocenters. The molecule has 0 radical (unpaired) electrons. The number of ether oxygens (including phenoxy) is 2. The van der Waals surface area contributed by atoms with Crippen molar-refractivity contribution in [3.63, 3.8) is 0 Å². The maximum absolute atomic E-state index is 5.74. The molecule has 2 aromatic rings. The maximum atomic E-state index is 5.74. The molecule has 6 heteroatoms. The zero-order valence-corrected chi connectivity index (χ0v) is 11.8. The highest BCUT2D eigenvalue weighted by Crippen LogP contribution is 2.25. The quantitative estimate of drug-likeness (QED) is 0.829. The summed E-state index contributed by atoms with van der Waals surface area (Å²) in [4.78, 5) is 4.20. The van der Waals surface area contributed by atoms with Crippen LogP contribution in [0.15, 0.2) is 22.7 Å². The first-order valence-electron chi connectivity index (χ1n) is 6.58. The Morgan fingerprint density at radius 1 is 1.35 bits per heavy atom. The van der Waals surface area contributed by atoms with Gasteiger partial charge < -0.3 is 19.7 Å². The Morgan fingerprint density at radius 3 is 2.85 bits per heavy atom. The Labute approximate surface area is 117 Å². The third-order valence-corrected chi connectivity index (χ3v) is 2.87. The second kappa shape index (κ2) is 6.91. The van der Waals surface area contributed by atoms with Gasteiger partial charge in [-0.2, -0.15) is 4.98 Å². The second-order valence-electron chi connectivity index (χ2n) is 4.26. The van der Waals surface area contributed by atoms with Crippen molar-refractivity contribution >= 4 is 0 Å². The molecular weight excluding hydrogens is 258 g/mol. The van der Waals surface area contributed by atoms with Crippen LogP contribution in [0.2, 0.25) is 0 Å². The number of nitrogens with two attached hydrogens (primary N) is 1. The van der Waals surface area contributed by atoms with Gasteiger partial charge in [0, 0.05) is 12.5 Å². The van der Waals surface area contributed by atoms with E-state index < -0.39 is 0 Å². The van der Waals surface area contributed by atoms with Gasteiger partial charge in [0.15, 0.2) is 12.4 Å². The summed E-state index contributed by atoms with van der Waals surface area (Å²) in [5.41, 5.74) is 6.63. The van der Waals surface area contributed by atoms with Gasteiger partial charge in [0.1, 0.15) is 11.5 Å². The van der Waals surface area contributed by atoms with E-state index in [1.54, 1.807) is 7.11 Å². The van der Waals surface area contributed by atoms with E-state index in [0.29, 0.717) is 18.3 Å². The summed E-state index contributed by atoms with van der Waals surface area (Å²) in [7, 11) is 1.62. The average molecular weight is 277 g/mol. The van der Waals surface area contributed by atoms with E-state index in [-0.39, 0.29) is 6.61 Å². The molecular formula is C14H19N3O3. The third kappa shape index (κ3) is 3.48. The smallest absolute Gasteiger partial charge is 0.264 e. The van der Waals surface area contributed by atoms with Crippen LogP contribution in [0.4, 0.5) is 0 Å². The summed E-state index contributed by atoms with van der Waals surface area (Å²) in [6.07, 6.45) is 1.48. The molecule has 1 aromatic heterocycles. The van der Waals surface area contributed by atoms with Gasteiger partial charge in [0.05, 0.1) is 7.11 Å². The summed E-state index contributed by atoms with van der Waals surface area (Å²) in [5.74, 6) is 2.60. The lowest BCUT2D eigenvalue weighted by Gasteiger charge is -2.11. The Kier molecular flexibility index (Phi) is 4.95. The van der Waals surface area contributed by atoms with Crippen molar-refractivity contribution in [3.8, 4) is 11.5 Å². The van der Waals surface area contributed by atoms with Crippen molar-refractivity contribution < 1.29 is 14.0 Å². The normalized spacial score (nSPS) is 10.6. The maximum Gasteiger partial charge on any atom is 0.264 e. The van der Waals surface area contributed by atoms with Gasteiger partial charge in [-0.25, -0.2) is 0 Å². The van der Waals surface area contributed by atoms with Crippen molar-refractivity contribution in [3.05, 3.63) is 35.5 Å². The third-order valence-electron chi connectivity index (χ3n) is 2.87. The molecule has 1 aromatic carbocycles. The van der Waals surface area contributed by atoms with Crippen molar-refractivity contribution in [2.75, 3.05) is 13.7 Å². The van der Waals surface area contributed by atoms with Crippen LogP contribution >= 0.6 is 0 Å². The first-order valence-corrected chi connectivity index (χ1v) is 6.58. The molecule has 0 unspecified atom stereocenters. The van der Waals surface area contributed by atoms with Crippen molar-refractivity contribution in [1.29, 1.82) is 0 Å². The Hall–Kier alpha value is -2.08. The molecule has 2 rings (SSSR count). The molecule has 0 spiro atoms. The first-order chi connectivity index (χ1) is 9.76. The minimum Gasteiger partial charge on any atom is -0.497 e. The summed E-state index contributed by atoms with van der Waals surface area (Å²) in [6.45, 7) is 2.76. The largest absolute Gasteiger partial charge is 0.497 e. The molecule has 0 aliphatic rings. The molecule has 0 aliphatic heterocycles. The van der Waals surface area contributed by atoms with Crippen LogP contribution in [0, 0.1) is 0 Å². The highest BCUT2D eigenvalue weighted by molar-refractivity contribution is 5.41. The van der Waals surface area contributed by atoms with Crippen molar-refractivity contribution in [2.45, 2.75) is 26.4 Å². The molecule has 0 aliphatic carbocycles. The first kappa shape index (κ1) is 14.3. The van der Waals surface area contributed by atoms with Gasteiger partial charge in [0.2, 0.25) is 0 Å². The van der Waals surface area contributed by atoms with Crippen LogP contribution < -0.4 is 15.2 Å². The predicted molar refractivity (Wildman–Crippen MR) is 73.8 cm³/mol. The number of methoxy groups -OCH3 is 1. The predicted octanol–water partition coefficient (Wildman–Crippen LogP) is 1.72. The summed E-state index contributed by atoms with van der Waals surface area (Å²) in [6, 6.07) is 5.67. The number of hydrogen-bond acceptors (Lipinski definition) is 6. The summed E-state index contributed by atoms with van der Waals surface area (Å²) in [5, 5.41) is 3.83. The topological polar surface area (TPSA) is 83.4 Å². The SMILES string of the molecule is CCc1noc(COc2cc(OC)ccc2CCN)n1. The van der Waals surface area contributed by atoms with Crippen LogP contribution in [0.25, 0.3) is 0 Å². The number of hydrogen-bond donors (Lipinski definition) is 1. The van der Waals surface area contributed by atoms with Gasteiger partial charge in [-0.3, -0.25) is 0 Å². The molecule has 0 saturated heterocycles. The number of aromatic nitrogens is 2. The van der Waals surface area contributed by atoms with Gasteiger partial charge >= 0.3 is 0 Å². The molecule has 2 N–H and O–H groups in total. The van der Waals surface area contributed by atoms with Gasteiger partial charge in [-0.05, 0) is 24.6 Å². The molecule has 6 nitrogen and oxygen atoms in total. The standard InChI is InChI=1S/C14H19N3O3/c1-3-13-16-14(20-17-13)9-19-12-8-11(18-2)5-4-10(12)6-7-15/h4-5,8H,3,6-7,9,15H2,1-2H3. The van der Waals surface area contributed by atoms with Gasteiger partial charge in [-0.1, -0.05) is 18.1 Å². The fraction of sp³-hybridized carbons (Fsp3) is 0.429. The van der Waals surface area contributed by atoms with Crippen LogP contribution in [0.5, 0.6) is 11.5 Å². The molecule has 0 bridgehead atoms. The summed E-state index contributed by atoms with van der Waals surface area (Å²) >= 11 is 0. The van der Waals surface area contributed by atoms with E-state index in [1.165, 1.54) is 0 Å². The minimum atomic E-state index is 0.234. The van der Waals surface area contributed by atoms with Gasteiger partial charge in [-0.15, -0.1) is 0 Å². The van der Waals surface area contributed by atoms with E-state index in [0.717, 1.165) is 29.9 Å². The highest BCUT2D eigenvalue weighted by atomic mass is 16.5. The average Bonchev–Trinajstić information content (AvgIpc) is 2.94. The van der Waals surface area contributed by atoms with E-state index in [1.807, 2.05) is 25.1 Å². The summed E-state index contributed by atoms with van der Waals surface area (Å²) < 4.78 is 16.0. The lowest BCUT2D eigenvalue weighted by Crippen LogP contribution is -2.06.